The van der Waals surface area contributed by atoms with Crippen LogP contribution in [0, 0.1) is 0 Å². The van der Waals surface area contributed by atoms with Crippen LogP contribution in [0.4, 0.5) is 28.8 Å². The molecule has 0 spiro atoms. The maximum absolute atomic E-state index is 11.6. The van der Waals surface area contributed by atoms with Crippen molar-refractivity contribution in [1.82, 2.24) is 25.2 Å². The van der Waals surface area contributed by atoms with E-state index in [9.17, 15) is 9.59 Å². The number of piperazine rings is 1. The van der Waals surface area contributed by atoms with Gasteiger partial charge in [-0.05, 0) is 24.3 Å². The van der Waals surface area contributed by atoms with E-state index >= 15 is 0 Å². The molecule has 2 amide bonds. The molecule has 4 rings (SSSR count). The fourth-order valence-corrected chi connectivity index (χ4v) is 3.12. The number of hydrogen-bond donors (Lipinski definition) is 4. The third kappa shape index (κ3) is 5.13. The summed E-state index contributed by atoms with van der Waals surface area (Å²) >= 11 is 6.26. The van der Waals surface area contributed by atoms with Gasteiger partial charge in [-0.25, -0.2) is 4.98 Å². The quantitative estimate of drug-likeness (QED) is 0.400. The molecule has 1 aliphatic rings. The first-order chi connectivity index (χ1) is 15.5. The number of carbonyl (C=O) groups excluding carboxylic acids is 2. The van der Waals surface area contributed by atoms with Crippen molar-refractivity contribution in [3.05, 3.63) is 60.5 Å². The summed E-state index contributed by atoms with van der Waals surface area (Å²) in [6, 6.07) is 7.09. The summed E-state index contributed by atoms with van der Waals surface area (Å²) in [4.78, 5) is 33.3. The molecule has 0 radical (unpaired) electrons. The molecule has 1 aliphatic heterocycles. The Morgan fingerprint density at radius 1 is 1.22 bits per heavy atom. The van der Waals surface area contributed by atoms with Gasteiger partial charge >= 0.3 is 0 Å². The first-order valence-corrected chi connectivity index (χ1v) is 10.0. The number of anilines is 5. The highest BCUT2D eigenvalue weighted by molar-refractivity contribution is 6.32. The molecular weight excluding hydrogens is 434 g/mol. The van der Waals surface area contributed by atoms with Crippen molar-refractivity contribution in [2.75, 3.05) is 40.6 Å². The SMILES string of the molecule is C=CC(=O)Nc1cccc(Nc2nc(Nc3cnn(N4CCNC(=O)C4)c3)ncc2Cl)c1. The molecule has 12 heteroatoms. The molecule has 0 aliphatic carbocycles. The zero-order valence-corrected chi connectivity index (χ0v) is 17.6. The molecule has 3 heterocycles. The third-order valence-electron chi connectivity index (χ3n) is 4.46. The molecule has 32 heavy (non-hydrogen) atoms. The highest BCUT2D eigenvalue weighted by atomic mass is 35.5. The summed E-state index contributed by atoms with van der Waals surface area (Å²) in [5.41, 5.74) is 1.93. The van der Waals surface area contributed by atoms with Crippen LogP contribution in [0.2, 0.25) is 5.02 Å². The van der Waals surface area contributed by atoms with E-state index in [1.807, 2.05) is 11.1 Å². The van der Waals surface area contributed by atoms with Crippen molar-refractivity contribution in [2.45, 2.75) is 0 Å². The fraction of sp³-hybridized carbons (Fsp3) is 0.150. The van der Waals surface area contributed by atoms with Gasteiger partial charge in [-0.1, -0.05) is 24.2 Å². The van der Waals surface area contributed by atoms with Gasteiger partial charge in [0.15, 0.2) is 5.82 Å². The summed E-state index contributed by atoms with van der Waals surface area (Å²) in [5.74, 6) is 0.339. The molecule has 2 aromatic heterocycles. The molecule has 164 valence electrons. The maximum atomic E-state index is 11.6. The molecular formula is C20H20ClN9O2. The molecule has 0 bridgehead atoms. The van der Waals surface area contributed by atoms with Gasteiger partial charge in [0.1, 0.15) is 11.6 Å². The number of nitrogens with zero attached hydrogens (tertiary/aromatic N) is 5. The average molecular weight is 454 g/mol. The number of benzene rings is 1. The van der Waals surface area contributed by atoms with Crippen LogP contribution in [0.3, 0.4) is 0 Å². The number of carbonyl (C=O) groups is 2. The minimum Gasteiger partial charge on any atom is -0.353 e. The predicted molar refractivity (Wildman–Crippen MR) is 122 cm³/mol. The van der Waals surface area contributed by atoms with E-state index in [2.05, 4.69) is 42.9 Å². The Hall–Kier alpha value is -4.12. The molecule has 0 saturated carbocycles. The van der Waals surface area contributed by atoms with Crippen LogP contribution in [0.5, 0.6) is 0 Å². The van der Waals surface area contributed by atoms with Crippen LogP contribution in [0.15, 0.2) is 55.5 Å². The Morgan fingerprint density at radius 2 is 2.06 bits per heavy atom. The van der Waals surface area contributed by atoms with Crippen LogP contribution >= 0.6 is 11.6 Å². The lowest BCUT2D eigenvalue weighted by molar-refractivity contribution is -0.120. The topological polar surface area (TPSA) is 129 Å². The molecule has 1 fully saturated rings. The zero-order chi connectivity index (χ0) is 22.5. The van der Waals surface area contributed by atoms with Gasteiger partial charge < -0.3 is 21.3 Å². The van der Waals surface area contributed by atoms with Gasteiger partial charge in [0.2, 0.25) is 17.8 Å². The Morgan fingerprint density at radius 3 is 2.88 bits per heavy atom. The van der Waals surface area contributed by atoms with Crippen molar-refractivity contribution in [2.24, 2.45) is 0 Å². The molecule has 1 saturated heterocycles. The molecule has 1 aromatic carbocycles. The lowest BCUT2D eigenvalue weighted by Gasteiger charge is -2.27. The summed E-state index contributed by atoms with van der Waals surface area (Å²) in [6.45, 7) is 4.90. The maximum Gasteiger partial charge on any atom is 0.247 e. The molecule has 4 N–H and O–H groups in total. The first kappa shape index (κ1) is 21.1. The van der Waals surface area contributed by atoms with E-state index in [-0.39, 0.29) is 18.4 Å². The van der Waals surface area contributed by atoms with E-state index < -0.39 is 0 Å². The van der Waals surface area contributed by atoms with Gasteiger partial charge in [-0.3, -0.25) is 14.6 Å². The smallest absolute Gasteiger partial charge is 0.247 e. The van der Waals surface area contributed by atoms with Crippen LogP contribution in [-0.2, 0) is 9.59 Å². The summed E-state index contributed by atoms with van der Waals surface area (Å²) in [6.07, 6.45) is 6.03. The second kappa shape index (κ2) is 9.35. The van der Waals surface area contributed by atoms with Crippen molar-refractivity contribution >= 4 is 52.2 Å². The number of amides is 2. The van der Waals surface area contributed by atoms with Crippen LogP contribution < -0.4 is 26.3 Å². The monoisotopic (exact) mass is 453 g/mol. The van der Waals surface area contributed by atoms with Gasteiger partial charge in [0, 0.05) is 17.9 Å². The van der Waals surface area contributed by atoms with E-state index in [4.69, 9.17) is 11.6 Å². The van der Waals surface area contributed by atoms with E-state index in [0.717, 1.165) is 0 Å². The van der Waals surface area contributed by atoms with Crippen molar-refractivity contribution in [1.29, 1.82) is 0 Å². The Kier molecular flexibility index (Phi) is 6.17. The standard InChI is InChI=1S/C20H20ClN9O2/c1-2-17(31)25-13-4-3-5-14(8-13)26-19-16(21)10-23-20(28-19)27-15-9-24-30(11-15)29-7-6-22-18(32)12-29/h2-5,8-11H,1,6-7,12H2,(H,22,32)(H,25,31)(H2,23,26,27,28). The highest BCUT2D eigenvalue weighted by Gasteiger charge is 2.17. The Labute approximate surface area is 188 Å². The number of rotatable bonds is 7. The summed E-state index contributed by atoms with van der Waals surface area (Å²) < 4.78 is 0. The molecule has 0 unspecified atom stereocenters. The summed E-state index contributed by atoms with van der Waals surface area (Å²) in [5, 5.41) is 18.1. The number of aromatic nitrogens is 4. The van der Waals surface area contributed by atoms with E-state index in [0.29, 0.717) is 46.9 Å². The second-order valence-corrected chi connectivity index (χ2v) is 7.21. The van der Waals surface area contributed by atoms with Crippen LogP contribution in [0.1, 0.15) is 0 Å². The van der Waals surface area contributed by atoms with Gasteiger partial charge in [0.25, 0.3) is 0 Å². The second-order valence-electron chi connectivity index (χ2n) is 6.80. The molecule has 0 atom stereocenters. The van der Waals surface area contributed by atoms with E-state index in [1.165, 1.54) is 12.3 Å². The summed E-state index contributed by atoms with van der Waals surface area (Å²) in [7, 11) is 0. The minimum atomic E-state index is -0.306. The number of halogens is 1. The van der Waals surface area contributed by atoms with E-state index in [1.54, 1.807) is 35.4 Å². The van der Waals surface area contributed by atoms with Gasteiger partial charge in [-0.15, -0.1) is 0 Å². The lowest BCUT2D eigenvalue weighted by Crippen LogP contribution is -2.52. The Bertz CT molecular complexity index is 1160. The fourth-order valence-electron chi connectivity index (χ4n) is 2.98. The van der Waals surface area contributed by atoms with Crippen LogP contribution in [0.25, 0.3) is 0 Å². The highest BCUT2D eigenvalue weighted by Crippen LogP contribution is 2.26. The Balaban J connectivity index is 1.46. The predicted octanol–water partition coefficient (Wildman–Crippen LogP) is 2.01. The third-order valence-corrected chi connectivity index (χ3v) is 4.73. The van der Waals surface area contributed by atoms with Crippen molar-refractivity contribution < 1.29 is 9.59 Å². The van der Waals surface area contributed by atoms with Gasteiger partial charge in [0.05, 0.1) is 30.8 Å². The largest absolute Gasteiger partial charge is 0.353 e. The number of nitrogens with one attached hydrogen (secondary N) is 4. The first-order valence-electron chi connectivity index (χ1n) is 9.67. The van der Waals surface area contributed by atoms with Crippen molar-refractivity contribution in [3.8, 4) is 0 Å². The normalized spacial score (nSPS) is 13.3. The van der Waals surface area contributed by atoms with Crippen molar-refractivity contribution in [3.63, 3.8) is 0 Å². The van der Waals surface area contributed by atoms with Crippen LogP contribution in [-0.4, -0.2) is 51.3 Å². The lowest BCUT2D eigenvalue weighted by atomic mass is 10.2. The number of hydrogen-bond acceptors (Lipinski definition) is 8. The minimum absolute atomic E-state index is 0.0499. The zero-order valence-electron chi connectivity index (χ0n) is 16.9. The van der Waals surface area contributed by atoms with Gasteiger partial charge in [-0.2, -0.15) is 14.9 Å². The molecule has 11 nitrogen and oxygen atoms in total. The molecule has 3 aromatic rings. The average Bonchev–Trinajstić information content (AvgIpc) is 3.25.